The van der Waals surface area contributed by atoms with Gasteiger partial charge in [0.2, 0.25) is 0 Å². The molecule has 0 bridgehead atoms. The van der Waals surface area contributed by atoms with Crippen LogP contribution in [0.5, 0.6) is 0 Å². The molecule has 0 aromatic heterocycles. The van der Waals surface area contributed by atoms with Gasteiger partial charge in [-0.05, 0) is 41.8 Å². The molecule has 2 aromatic carbocycles. The van der Waals surface area contributed by atoms with Crippen molar-refractivity contribution in [3.05, 3.63) is 48.0 Å². The lowest BCUT2D eigenvalue weighted by Gasteiger charge is -2.47. The van der Waals surface area contributed by atoms with Crippen LogP contribution in [0.25, 0.3) is 10.8 Å². The van der Waals surface area contributed by atoms with E-state index in [0.29, 0.717) is 5.92 Å². The van der Waals surface area contributed by atoms with Gasteiger partial charge in [-0.15, -0.1) is 0 Å². The molecule has 2 heterocycles. The molecule has 2 fully saturated rings. The summed E-state index contributed by atoms with van der Waals surface area (Å²) in [6.07, 6.45) is 1.27. The highest BCUT2D eigenvalue weighted by atomic mass is 16.5. The van der Waals surface area contributed by atoms with E-state index in [-0.39, 0.29) is 5.41 Å². The van der Waals surface area contributed by atoms with Crippen molar-refractivity contribution in [3.8, 4) is 0 Å². The van der Waals surface area contributed by atoms with Crippen LogP contribution < -0.4 is 5.32 Å². The van der Waals surface area contributed by atoms with E-state index in [0.717, 1.165) is 26.3 Å². The van der Waals surface area contributed by atoms with E-state index in [1.165, 1.54) is 22.8 Å². The van der Waals surface area contributed by atoms with Gasteiger partial charge in [0.1, 0.15) is 0 Å². The summed E-state index contributed by atoms with van der Waals surface area (Å²) in [4.78, 5) is 0. The average Bonchev–Trinajstić information content (AvgIpc) is 2.92. The highest BCUT2D eigenvalue weighted by molar-refractivity contribution is 5.86. The average molecular weight is 253 g/mol. The summed E-state index contributed by atoms with van der Waals surface area (Å²) in [7, 11) is 0. The Hall–Kier alpha value is -1.38. The van der Waals surface area contributed by atoms with E-state index in [2.05, 4.69) is 47.8 Å². The van der Waals surface area contributed by atoms with Crippen LogP contribution in [-0.2, 0) is 10.2 Å². The predicted octanol–water partition coefficient (Wildman–Crippen LogP) is 2.72. The summed E-state index contributed by atoms with van der Waals surface area (Å²) < 4.78 is 5.63. The van der Waals surface area contributed by atoms with Crippen molar-refractivity contribution in [1.29, 1.82) is 0 Å². The zero-order valence-electron chi connectivity index (χ0n) is 11.1. The second kappa shape index (κ2) is 4.32. The van der Waals surface area contributed by atoms with Gasteiger partial charge in [-0.3, -0.25) is 0 Å². The van der Waals surface area contributed by atoms with E-state index in [9.17, 15) is 0 Å². The third-order valence-electron chi connectivity index (χ3n) is 4.89. The molecule has 0 amide bonds. The van der Waals surface area contributed by atoms with Crippen LogP contribution in [0.4, 0.5) is 0 Å². The first-order valence-electron chi connectivity index (χ1n) is 7.17. The van der Waals surface area contributed by atoms with Crippen LogP contribution in [0.2, 0.25) is 0 Å². The van der Waals surface area contributed by atoms with Gasteiger partial charge in [-0.1, -0.05) is 42.5 Å². The van der Waals surface area contributed by atoms with Crippen LogP contribution in [0.15, 0.2) is 42.5 Å². The molecule has 2 aromatic rings. The normalized spacial score (nSPS) is 25.4. The van der Waals surface area contributed by atoms with Gasteiger partial charge in [0.25, 0.3) is 0 Å². The smallest absolute Gasteiger partial charge is 0.0589 e. The van der Waals surface area contributed by atoms with E-state index in [4.69, 9.17) is 4.74 Å². The van der Waals surface area contributed by atoms with Gasteiger partial charge in [-0.25, -0.2) is 0 Å². The number of hydrogen-bond donors (Lipinski definition) is 1. The quantitative estimate of drug-likeness (QED) is 0.888. The lowest BCUT2D eigenvalue weighted by molar-refractivity contribution is -0.0861. The molecule has 2 nitrogen and oxygen atoms in total. The van der Waals surface area contributed by atoms with Crippen molar-refractivity contribution >= 4 is 10.8 Å². The van der Waals surface area contributed by atoms with Crippen LogP contribution in [0.1, 0.15) is 12.0 Å². The molecule has 98 valence electrons. The molecule has 0 spiro atoms. The summed E-state index contributed by atoms with van der Waals surface area (Å²) in [6, 6.07) is 15.4. The molecule has 2 saturated heterocycles. The molecule has 2 aliphatic rings. The second-order valence-electron chi connectivity index (χ2n) is 5.87. The monoisotopic (exact) mass is 253 g/mol. The van der Waals surface area contributed by atoms with Gasteiger partial charge in [0.05, 0.1) is 13.2 Å². The zero-order valence-corrected chi connectivity index (χ0v) is 11.1. The first-order valence-corrected chi connectivity index (χ1v) is 7.17. The Bertz CT molecular complexity index is 592. The van der Waals surface area contributed by atoms with E-state index < -0.39 is 0 Å². The Morgan fingerprint density at radius 1 is 1.05 bits per heavy atom. The molecule has 1 N–H and O–H groups in total. The van der Waals surface area contributed by atoms with Crippen LogP contribution in [0.3, 0.4) is 0 Å². The Labute approximate surface area is 113 Å². The van der Waals surface area contributed by atoms with Gasteiger partial charge in [0, 0.05) is 5.41 Å². The highest BCUT2D eigenvalue weighted by Gasteiger charge is 2.48. The SMILES string of the molecule is c1ccc2c(C3(C4CCNC4)COC3)cccc2c1. The number of hydrogen-bond acceptors (Lipinski definition) is 2. The maximum Gasteiger partial charge on any atom is 0.0589 e. The first kappa shape index (κ1) is 11.4. The van der Waals surface area contributed by atoms with Gasteiger partial charge in [0.15, 0.2) is 0 Å². The summed E-state index contributed by atoms with van der Waals surface area (Å²) in [5.41, 5.74) is 1.73. The van der Waals surface area contributed by atoms with E-state index in [1.54, 1.807) is 0 Å². The van der Waals surface area contributed by atoms with Crippen molar-refractivity contribution in [2.75, 3.05) is 26.3 Å². The second-order valence-corrected chi connectivity index (χ2v) is 5.87. The van der Waals surface area contributed by atoms with Gasteiger partial charge < -0.3 is 10.1 Å². The molecule has 1 atom stereocenters. The summed E-state index contributed by atoms with van der Waals surface area (Å²) >= 11 is 0. The largest absolute Gasteiger partial charge is 0.379 e. The molecular weight excluding hydrogens is 234 g/mol. The highest BCUT2D eigenvalue weighted by Crippen LogP contribution is 2.44. The minimum Gasteiger partial charge on any atom is -0.379 e. The van der Waals surface area contributed by atoms with E-state index >= 15 is 0 Å². The van der Waals surface area contributed by atoms with E-state index in [1.807, 2.05) is 0 Å². The molecule has 0 saturated carbocycles. The zero-order chi connectivity index (χ0) is 12.7. The Morgan fingerprint density at radius 3 is 2.63 bits per heavy atom. The van der Waals surface area contributed by atoms with Crippen LogP contribution in [0, 0.1) is 5.92 Å². The number of ether oxygens (including phenoxy) is 1. The molecule has 4 rings (SSSR count). The number of rotatable bonds is 2. The number of nitrogens with one attached hydrogen (secondary N) is 1. The third-order valence-corrected chi connectivity index (χ3v) is 4.89. The Balaban J connectivity index is 1.88. The lowest BCUT2D eigenvalue weighted by atomic mass is 9.67. The lowest BCUT2D eigenvalue weighted by Crippen LogP contribution is -2.53. The predicted molar refractivity (Wildman–Crippen MR) is 77.4 cm³/mol. The van der Waals surface area contributed by atoms with Crippen LogP contribution >= 0.6 is 0 Å². The first-order chi connectivity index (χ1) is 9.40. The molecule has 2 aliphatic heterocycles. The van der Waals surface area contributed by atoms with Gasteiger partial charge in [-0.2, -0.15) is 0 Å². The Morgan fingerprint density at radius 2 is 1.89 bits per heavy atom. The van der Waals surface area contributed by atoms with Crippen molar-refractivity contribution < 1.29 is 4.74 Å². The summed E-state index contributed by atoms with van der Waals surface area (Å²) in [6.45, 7) is 4.05. The summed E-state index contributed by atoms with van der Waals surface area (Å²) in [5.74, 6) is 0.715. The maximum atomic E-state index is 5.63. The standard InChI is InChI=1S/C17H19NO/c1-2-6-15-13(4-1)5-3-7-16(15)17(11-19-12-17)14-8-9-18-10-14/h1-7,14,18H,8-12H2. The molecule has 2 heteroatoms. The molecular formula is C17H19NO. The van der Waals surface area contributed by atoms with Crippen molar-refractivity contribution in [2.24, 2.45) is 5.92 Å². The maximum absolute atomic E-state index is 5.63. The number of benzene rings is 2. The minimum atomic E-state index is 0.240. The molecule has 19 heavy (non-hydrogen) atoms. The van der Waals surface area contributed by atoms with Crippen molar-refractivity contribution in [2.45, 2.75) is 11.8 Å². The minimum absolute atomic E-state index is 0.240. The van der Waals surface area contributed by atoms with Crippen molar-refractivity contribution in [3.63, 3.8) is 0 Å². The molecule has 1 unspecified atom stereocenters. The van der Waals surface area contributed by atoms with Gasteiger partial charge >= 0.3 is 0 Å². The Kier molecular flexibility index (Phi) is 2.61. The number of fused-ring (bicyclic) bond motifs is 1. The fraction of sp³-hybridized carbons (Fsp3) is 0.412. The fourth-order valence-electron chi connectivity index (χ4n) is 3.72. The topological polar surface area (TPSA) is 21.3 Å². The molecule has 0 radical (unpaired) electrons. The van der Waals surface area contributed by atoms with Crippen LogP contribution in [-0.4, -0.2) is 26.3 Å². The molecule has 0 aliphatic carbocycles. The fourth-order valence-corrected chi connectivity index (χ4v) is 3.72. The third kappa shape index (κ3) is 1.63. The van der Waals surface area contributed by atoms with Crippen molar-refractivity contribution in [1.82, 2.24) is 5.32 Å². The summed E-state index contributed by atoms with van der Waals surface area (Å²) in [5, 5.41) is 6.26.